The van der Waals surface area contributed by atoms with Crippen molar-refractivity contribution in [2.24, 2.45) is 0 Å². The Morgan fingerprint density at radius 1 is 1.09 bits per heavy atom. The number of aromatic nitrogens is 1. The van der Waals surface area contributed by atoms with E-state index in [-0.39, 0.29) is 11.3 Å². The smallest absolute Gasteiger partial charge is 0.295 e. The lowest BCUT2D eigenvalue weighted by molar-refractivity contribution is -0.140. The molecule has 2 aromatic rings. The summed E-state index contributed by atoms with van der Waals surface area (Å²) in [4.78, 5) is 33.3. The van der Waals surface area contributed by atoms with Crippen molar-refractivity contribution in [1.82, 2.24) is 14.8 Å². The fraction of sp³-hybridized carbons (Fsp3) is 0.400. The van der Waals surface area contributed by atoms with E-state index in [0.717, 1.165) is 30.6 Å². The van der Waals surface area contributed by atoms with Crippen LogP contribution in [0.2, 0.25) is 0 Å². The molecular weight excluding hydrogens is 406 g/mol. The van der Waals surface area contributed by atoms with Crippen LogP contribution in [0.1, 0.15) is 43.4 Å². The molecular formula is C25H31N3O4. The minimum Gasteiger partial charge on any atom is -0.507 e. The SMILES string of the molecule is CCCCCOc1ccc(C2/C(=C(\O)c3ccncc3)C(=O)C(=O)N2CCN(C)C)cc1. The van der Waals surface area contributed by atoms with Crippen LogP contribution in [0.4, 0.5) is 0 Å². The molecule has 1 amide bonds. The Bertz CT molecular complexity index is 955. The Hall–Kier alpha value is -3.19. The quantitative estimate of drug-likeness (QED) is 0.265. The third-order valence-electron chi connectivity index (χ3n) is 5.49. The molecule has 1 atom stereocenters. The molecule has 32 heavy (non-hydrogen) atoms. The topological polar surface area (TPSA) is 83.0 Å². The van der Waals surface area contributed by atoms with Crippen LogP contribution in [0.15, 0.2) is 54.4 Å². The number of nitrogens with zero attached hydrogens (tertiary/aromatic N) is 3. The molecule has 2 heterocycles. The van der Waals surface area contributed by atoms with Gasteiger partial charge in [-0.25, -0.2) is 0 Å². The average Bonchev–Trinajstić information content (AvgIpc) is 3.06. The summed E-state index contributed by atoms with van der Waals surface area (Å²) in [5, 5.41) is 11.0. The predicted octanol–water partition coefficient (Wildman–Crippen LogP) is 3.63. The van der Waals surface area contributed by atoms with Crippen LogP contribution in [-0.2, 0) is 9.59 Å². The summed E-state index contributed by atoms with van der Waals surface area (Å²) in [6, 6.07) is 9.97. The zero-order valence-electron chi connectivity index (χ0n) is 19.0. The van der Waals surface area contributed by atoms with E-state index in [0.29, 0.717) is 25.3 Å². The van der Waals surface area contributed by atoms with Gasteiger partial charge in [-0.1, -0.05) is 31.9 Å². The van der Waals surface area contributed by atoms with Gasteiger partial charge in [-0.05, 0) is 50.3 Å². The summed E-state index contributed by atoms with van der Waals surface area (Å²) in [7, 11) is 3.82. The molecule has 0 aliphatic carbocycles. The molecule has 3 rings (SSSR count). The maximum Gasteiger partial charge on any atom is 0.295 e. The molecule has 170 valence electrons. The van der Waals surface area contributed by atoms with E-state index in [1.54, 1.807) is 12.1 Å². The first-order chi connectivity index (χ1) is 15.4. The van der Waals surface area contributed by atoms with Crippen molar-refractivity contribution in [1.29, 1.82) is 0 Å². The Labute approximate surface area is 189 Å². The van der Waals surface area contributed by atoms with Crippen molar-refractivity contribution >= 4 is 17.4 Å². The first-order valence-corrected chi connectivity index (χ1v) is 11.0. The van der Waals surface area contributed by atoms with Crippen LogP contribution in [0.5, 0.6) is 5.75 Å². The van der Waals surface area contributed by atoms with Crippen molar-refractivity contribution < 1.29 is 19.4 Å². The molecule has 1 aliphatic heterocycles. The van der Waals surface area contributed by atoms with Gasteiger partial charge in [-0.2, -0.15) is 0 Å². The normalized spacial score (nSPS) is 17.9. The summed E-state index contributed by atoms with van der Waals surface area (Å²) in [5.41, 5.74) is 1.29. The molecule has 7 nitrogen and oxygen atoms in total. The Kier molecular flexibility index (Phi) is 8.00. The first kappa shape index (κ1) is 23.5. The number of carbonyl (C=O) groups excluding carboxylic acids is 2. The standard InChI is InChI=1S/C25H31N3O4/c1-4-5-6-17-32-20-9-7-18(8-10-20)22-21(23(29)19-11-13-26-14-12-19)24(30)25(31)28(22)16-15-27(2)3/h7-14,22,29H,4-6,15-17H2,1-3H3/b23-21+. The van der Waals surface area contributed by atoms with Gasteiger partial charge >= 0.3 is 0 Å². The van der Waals surface area contributed by atoms with Crippen LogP contribution >= 0.6 is 0 Å². The van der Waals surface area contributed by atoms with Crippen molar-refractivity contribution in [3.05, 3.63) is 65.5 Å². The van der Waals surface area contributed by atoms with E-state index in [4.69, 9.17) is 4.74 Å². The van der Waals surface area contributed by atoms with Gasteiger partial charge in [0.1, 0.15) is 11.5 Å². The second kappa shape index (κ2) is 10.9. The third-order valence-corrected chi connectivity index (χ3v) is 5.49. The van der Waals surface area contributed by atoms with Gasteiger partial charge < -0.3 is 19.6 Å². The fourth-order valence-electron chi connectivity index (χ4n) is 3.72. The number of ether oxygens (including phenoxy) is 1. The number of hydrogen-bond acceptors (Lipinski definition) is 6. The number of aliphatic hydroxyl groups is 1. The number of amides is 1. The van der Waals surface area contributed by atoms with Crippen molar-refractivity contribution in [2.75, 3.05) is 33.8 Å². The molecule has 0 saturated carbocycles. The zero-order chi connectivity index (χ0) is 23.1. The zero-order valence-corrected chi connectivity index (χ0v) is 19.0. The highest BCUT2D eigenvalue weighted by Gasteiger charge is 2.45. The molecule has 1 aromatic carbocycles. The van der Waals surface area contributed by atoms with Gasteiger partial charge in [-0.3, -0.25) is 14.6 Å². The number of aliphatic hydroxyl groups excluding tert-OH is 1. The van der Waals surface area contributed by atoms with E-state index in [1.165, 1.54) is 17.3 Å². The third kappa shape index (κ3) is 5.34. The number of pyridine rings is 1. The highest BCUT2D eigenvalue weighted by Crippen LogP contribution is 2.39. The largest absolute Gasteiger partial charge is 0.507 e. The second-order valence-electron chi connectivity index (χ2n) is 8.16. The van der Waals surface area contributed by atoms with E-state index in [2.05, 4.69) is 11.9 Å². The van der Waals surface area contributed by atoms with Gasteiger partial charge in [0.2, 0.25) is 0 Å². The highest BCUT2D eigenvalue weighted by molar-refractivity contribution is 6.46. The number of likely N-dealkylation sites (tertiary alicyclic amines) is 1. The van der Waals surface area contributed by atoms with Gasteiger partial charge in [0.15, 0.2) is 0 Å². The predicted molar refractivity (Wildman–Crippen MR) is 123 cm³/mol. The molecule has 1 fully saturated rings. The molecule has 1 N–H and O–H groups in total. The molecule has 1 unspecified atom stereocenters. The van der Waals surface area contributed by atoms with Gasteiger partial charge in [0.05, 0.1) is 18.2 Å². The van der Waals surface area contributed by atoms with E-state index < -0.39 is 17.7 Å². The maximum atomic E-state index is 13.0. The number of unbranched alkanes of at least 4 members (excludes halogenated alkanes) is 2. The second-order valence-corrected chi connectivity index (χ2v) is 8.16. The van der Waals surface area contributed by atoms with Crippen molar-refractivity contribution in [3.63, 3.8) is 0 Å². The minimum absolute atomic E-state index is 0.0940. The summed E-state index contributed by atoms with van der Waals surface area (Å²) in [5.74, 6) is -0.734. The number of ketones is 1. The highest BCUT2D eigenvalue weighted by atomic mass is 16.5. The fourth-order valence-corrected chi connectivity index (χ4v) is 3.72. The van der Waals surface area contributed by atoms with Gasteiger partial charge in [-0.15, -0.1) is 0 Å². The number of rotatable bonds is 10. The molecule has 1 saturated heterocycles. The summed E-state index contributed by atoms with van der Waals surface area (Å²) in [6.45, 7) is 3.76. The number of Topliss-reactive ketones (excluding diaryl/α,β-unsaturated/α-hetero) is 1. The van der Waals surface area contributed by atoms with E-state index >= 15 is 0 Å². The maximum absolute atomic E-state index is 13.0. The Morgan fingerprint density at radius 2 is 1.78 bits per heavy atom. The lowest BCUT2D eigenvalue weighted by Gasteiger charge is -2.26. The molecule has 1 aromatic heterocycles. The molecule has 1 aliphatic rings. The van der Waals surface area contributed by atoms with Crippen LogP contribution in [-0.4, -0.2) is 65.4 Å². The van der Waals surface area contributed by atoms with Crippen LogP contribution in [0, 0.1) is 0 Å². The molecule has 0 spiro atoms. The number of benzene rings is 1. The van der Waals surface area contributed by atoms with E-state index in [1.807, 2.05) is 43.3 Å². The Balaban J connectivity index is 1.96. The van der Waals surface area contributed by atoms with Gasteiger partial charge in [0, 0.05) is 31.0 Å². The monoisotopic (exact) mass is 437 g/mol. The van der Waals surface area contributed by atoms with Gasteiger partial charge in [0.25, 0.3) is 11.7 Å². The first-order valence-electron chi connectivity index (χ1n) is 11.0. The van der Waals surface area contributed by atoms with Crippen molar-refractivity contribution in [3.8, 4) is 5.75 Å². The number of likely N-dealkylation sites (N-methyl/N-ethyl adjacent to an activating group) is 1. The summed E-state index contributed by atoms with van der Waals surface area (Å²) >= 11 is 0. The summed E-state index contributed by atoms with van der Waals surface area (Å²) < 4.78 is 5.79. The number of hydrogen-bond donors (Lipinski definition) is 1. The minimum atomic E-state index is -0.678. The van der Waals surface area contributed by atoms with Crippen molar-refractivity contribution in [2.45, 2.75) is 32.2 Å². The lowest BCUT2D eigenvalue weighted by atomic mass is 9.95. The number of carbonyl (C=O) groups is 2. The lowest BCUT2D eigenvalue weighted by Crippen LogP contribution is -2.35. The van der Waals surface area contributed by atoms with Crippen LogP contribution in [0.3, 0.4) is 0 Å². The molecule has 7 heteroatoms. The van der Waals surface area contributed by atoms with Crippen LogP contribution in [0.25, 0.3) is 5.76 Å². The summed E-state index contributed by atoms with van der Waals surface area (Å²) in [6.07, 6.45) is 6.32. The average molecular weight is 438 g/mol. The van der Waals surface area contributed by atoms with E-state index in [9.17, 15) is 14.7 Å². The Morgan fingerprint density at radius 3 is 2.41 bits per heavy atom. The van der Waals surface area contributed by atoms with Crippen LogP contribution < -0.4 is 4.74 Å². The molecule has 0 bridgehead atoms. The molecule has 0 radical (unpaired) electrons.